The van der Waals surface area contributed by atoms with E-state index in [-0.39, 0.29) is 5.75 Å². The summed E-state index contributed by atoms with van der Waals surface area (Å²) >= 11 is 0. The molecule has 0 unspecified atom stereocenters. The highest BCUT2D eigenvalue weighted by molar-refractivity contribution is 7.88. The first-order chi connectivity index (χ1) is 11.6. The second kappa shape index (κ2) is 7.52. The van der Waals surface area contributed by atoms with Crippen LogP contribution in [0.25, 0.3) is 0 Å². The van der Waals surface area contributed by atoms with E-state index in [1.165, 1.54) is 29.8 Å². The Hall–Kier alpha value is -1.61. The van der Waals surface area contributed by atoms with Crippen LogP contribution in [0.1, 0.15) is 25.0 Å². The second-order valence-electron chi connectivity index (χ2n) is 6.34. The van der Waals surface area contributed by atoms with Crippen molar-refractivity contribution in [1.29, 1.82) is 0 Å². The van der Waals surface area contributed by atoms with Crippen molar-refractivity contribution in [3.05, 3.63) is 18.0 Å². The Bertz CT molecular complexity index is 647. The molecule has 0 amide bonds. The molecule has 0 radical (unpaired) electrons. The molecule has 2 heterocycles. The number of rotatable bonds is 6. The number of aromatic nitrogens is 1. The minimum atomic E-state index is -3.36. The Morgan fingerprint density at radius 1 is 1.38 bits per heavy atom. The van der Waals surface area contributed by atoms with Gasteiger partial charge in [0.15, 0.2) is 5.96 Å². The van der Waals surface area contributed by atoms with E-state index in [0.29, 0.717) is 31.9 Å². The van der Waals surface area contributed by atoms with Crippen LogP contribution in [0.3, 0.4) is 0 Å². The Morgan fingerprint density at radius 3 is 2.71 bits per heavy atom. The number of aliphatic imine (C=N–C) groups is 1. The van der Waals surface area contributed by atoms with Gasteiger partial charge in [0.1, 0.15) is 12.0 Å². The highest BCUT2D eigenvalue weighted by Gasteiger charge is 2.29. The summed E-state index contributed by atoms with van der Waals surface area (Å²) in [6.07, 6.45) is 5.27. The molecule has 1 aliphatic carbocycles. The van der Waals surface area contributed by atoms with Gasteiger partial charge in [-0.1, -0.05) is 18.0 Å². The molecular weight excluding hydrogens is 330 g/mol. The monoisotopic (exact) mass is 355 g/mol. The van der Waals surface area contributed by atoms with Crippen molar-refractivity contribution in [3.63, 3.8) is 0 Å². The maximum absolute atomic E-state index is 12.4. The highest BCUT2D eigenvalue weighted by atomic mass is 32.2. The van der Waals surface area contributed by atoms with E-state index in [0.717, 1.165) is 18.4 Å². The third-order valence-corrected chi connectivity index (χ3v) is 6.31. The second-order valence-corrected chi connectivity index (χ2v) is 8.31. The molecule has 1 saturated heterocycles. The quantitative estimate of drug-likeness (QED) is 0.590. The summed E-state index contributed by atoms with van der Waals surface area (Å²) < 4.78 is 31.1. The van der Waals surface area contributed by atoms with E-state index >= 15 is 0 Å². The molecule has 1 aromatic rings. The van der Waals surface area contributed by atoms with Crippen molar-refractivity contribution in [1.82, 2.24) is 19.7 Å². The first kappa shape index (κ1) is 17.2. The van der Waals surface area contributed by atoms with Crippen LogP contribution < -0.4 is 5.32 Å². The van der Waals surface area contributed by atoms with Crippen molar-refractivity contribution in [2.24, 2.45) is 10.9 Å². The van der Waals surface area contributed by atoms with Crippen LogP contribution in [0.15, 0.2) is 21.8 Å². The molecule has 2 aliphatic rings. The van der Waals surface area contributed by atoms with Crippen LogP contribution in [0.5, 0.6) is 0 Å². The largest absolute Gasteiger partial charge is 0.364 e. The number of piperazine rings is 1. The van der Waals surface area contributed by atoms with E-state index in [1.54, 1.807) is 13.1 Å². The van der Waals surface area contributed by atoms with Crippen LogP contribution in [-0.4, -0.2) is 68.5 Å². The number of hydrogen-bond donors (Lipinski definition) is 1. The molecule has 1 aromatic heterocycles. The SMILES string of the molecule is CN=C(NCCC1CC1)N1CCN(S(=O)(=O)Cc2ccon2)CC1. The molecular formula is C15H25N5O3S. The zero-order valence-electron chi connectivity index (χ0n) is 14.0. The number of guanidine groups is 1. The molecule has 8 nitrogen and oxygen atoms in total. The normalized spacial score (nSPS) is 20.4. The van der Waals surface area contributed by atoms with Crippen molar-refractivity contribution >= 4 is 16.0 Å². The smallest absolute Gasteiger partial charge is 0.220 e. The average molecular weight is 355 g/mol. The molecule has 1 aliphatic heterocycles. The summed E-state index contributed by atoms with van der Waals surface area (Å²) in [5, 5.41) is 7.07. The van der Waals surface area contributed by atoms with Gasteiger partial charge >= 0.3 is 0 Å². The molecule has 24 heavy (non-hydrogen) atoms. The summed E-state index contributed by atoms with van der Waals surface area (Å²) in [6.45, 7) is 3.14. The maximum Gasteiger partial charge on any atom is 0.220 e. The van der Waals surface area contributed by atoms with E-state index in [4.69, 9.17) is 4.52 Å². The van der Waals surface area contributed by atoms with Crippen LogP contribution in [0.2, 0.25) is 0 Å². The summed E-state index contributed by atoms with van der Waals surface area (Å²) in [5.74, 6) is 1.64. The lowest BCUT2D eigenvalue weighted by Crippen LogP contribution is -2.54. The van der Waals surface area contributed by atoms with E-state index in [2.05, 4.69) is 20.4 Å². The van der Waals surface area contributed by atoms with Gasteiger partial charge in [0.2, 0.25) is 10.0 Å². The van der Waals surface area contributed by atoms with Crippen molar-refractivity contribution < 1.29 is 12.9 Å². The fraction of sp³-hybridized carbons (Fsp3) is 0.733. The van der Waals surface area contributed by atoms with Crippen molar-refractivity contribution in [3.8, 4) is 0 Å². The van der Waals surface area contributed by atoms with Gasteiger partial charge in [0.25, 0.3) is 0 Å². The van der Waals surface area contributed by atoms with Crippen LogP contribution >= 0.6 is 0 Å². The lowest BCUT2D eigenvalue weighted by atomic mass is 10.3. The Labute approximate surface area is 142 Å². The number of hydrogen-bond acceptors (Lipinski definition) is 5. The summed E-state index contributed by atoms with van der Waals surface area (Å²) in [5.41, 5.74) is 0.440. The molecule has 0 bridgehead atoms. The lowest BCUT2D eigenvalue weighted by molar-refractivity contribution is 0.259. The van der Waals surface area contributed by atoms with Crippen LogP contribution in [-0.2, 0) is 15.8 Å². The topological polar surface area (TPSA) is 91.0 Å². The first-order valence-corrected chi connectivity index (χ1v) is 10.0. The van der Waals surface area contributed by atoms with Crippen molar-refractivity contribution in [2.75, 3.05) is 39.8 Å². The fourth-order valence-electron chi connectivity index (χ4n) is 2.90. The van der Waals surface area contributed by atoms with Gasteiger partial charge in [-0.3, -0.25) is 4.99 Å². The van der Waals surface area contributed by atoms with Gasteiger partial charge in [-0.25, -0.2) is 8.42 Å². The molecule has 1 N–H and O–H groups in total. The average Bonchev–Trinajstić information content (AvgIpc) is 3.27. The fourth-order valence-corrected chi connectivity index (χ4v) is 4.32. The summed E-state index contributed by atoms with van der Waals surface area (Å²) in [6, 6.07) is 1.58. The third-order valence-electron chi connectivity index (χ3n) is 4.50. The van der Waals surface area contributed by atoms with Gasteiger partial charge in [-0.2, -0.15) is 4.31 Å². The highest BCUT2D eigenvalue weighted by Crippen LogP contribution is 2.31. The van der Waals surface area contributed by atoms with E-state index in [1.807, 2.05) is 0 Å². The number of sulfonamides is 1. The Morgan fingerprint density at radius 2 is 2.12 bits per heavy atom. The van der Waals surface area contributed by atoms with E-state index in [9.17, 15) is 8.42 Å². The Balaban J connectivity index is 1.48. The van der Waals surface area contributed by atoms with Crippen LogP contribution in [0.4, 0.5) is 0 Å². The standard InChI is InChI=1S/C15H25N5O3S/c1-16-15(17-6-4-13-2-3-13)19-7-9-20(10-8-19)24(21,22)12-14-5-11-23-18-14/h5,11,13H,2-4,6-10,12H2,1H3,(H,16,17). The summed E-state index contributed by atoms with van der Waals surface area (Å²) in [7, 11) is -1.59. The lowest BCUT2D eigenvalue weighted by Gasteiger charge is -2.35. The molecule has 0 atom stereocenters. The zero-order chi connectivity index (χ0) is 17.0. The number of nitrogens with zero attached hydrogens (tertiary/aromatic N) is 4. The first-order valence-electron chi connectivity index (χ1n) is 8.41. The minimum Gasteiger partial charge on any atom is -0.364 e. The predicted octanol–water partition coefficient (Wildman–Crippen LogP) is 0.498. The van der Waals surface area contributed by atoms with Gasteiger partial charge < -0.3 is 14.7 Å². The minimum absolute atomic E-state index is 0.113. The van der Waals surface area contributed by atoms with E-state index < -0.39 is 10.0 Å². The maximum atomic E-state index is 12.4. The Kier molecular flexibility index (Phi) is 5.40. The summed E-state index contributed by atoms with van der Waals surface area (Å²) in [4.78, 5) is 6.44. The number of nitrogens with one attached hydrogen (secondary N) is 1. The molecule has 9 heteroatoms. The van der Waals surface area contributed by atoms with Gasteiger partial charge in [0.05, 0.1) is 5.69 Å². The molecule has 2 fully saturated rings. The van der Waals surface area contributed by atoms with Crippen molar-refractivity contribution in [2.45, 2.75) is 25.0 Å². The van der Waals surface area contributed by atoms with Gasteiger partial charge in [-0.15, -0.1) is 0 Å². The van der Waals surface area contributed by atoms with Gasteiger partial charge in [0, 0.05) is 45.8 Å². The molecule has 0 aromatic carbocycles. The van der Waals surface area contributed by atoms with Gasteiger partial charge in [-0.05, 0) is 12.3 Å². The molecule has 0 spiro atoms. The zero-order valence-corrected chi connectivity index (χ0v) is 14.8. The van der Waals surface area contributed by atoms with Crippen LogP contribution in [0, 0.1) is 5.92 Å². The predicted molar refractivity (Wildman–Crippen MR) is 91.0 cm³/mol. The molecule has 3 rings (SSSR count). The molecule has 1 saturated carbocycles. The third kappa shape index (κ3) is 4.47. The molecule has 134 valence electrons.